The van der Waals surface area contributed by atoms with Gasteiger partial charge >= 0.3 is 7.12 Å². The third-order valence-corrected chi connectivity index (χ3v) is 2.52. The monoisotopic (exact) mass is 243 g/mol. The van der Waals surface area contributed by atoms with E-state index < -0.39 is 7.12 Å². The molecule has 0 fully saturated rings. The highest BCUT2D eigenvalue weighted by Gasteiger charge is 2.16. The molecule has 0 radical (unpaired) electrons. The first-order valence-corrected chi connectivity index (χ1v) is 5.67. The number of aryl methyl sites for hydroxylation is 1. The predicted octanol–water partition coefficient (Wildman–Crippen LogP) is 0.649. The number of ether oxygens (including phenoxy) is 1. The zero-order valence-electron chi connectivity index (χ0n) is 10.1. The van der Waals surface area contributed by atoms with Crippen molar-refractivity contribution in [3.63, 3.8) is 0 Å². The van der Waals surface area contributed by atoms with E-state index in [0.29, 0.717) is 17.8 Å². The van der Waals surface area contributed by atoms with Crippen LogP contribution in [0.15, 0.2) is 42.5 Å². The third-order valence-electron chi connectivity index (χ3n) is 2.52. The van der Waals surface area contributed by atoms with Gasteiger partial charge in [0.05, 0.1) is 5.69 Å². The Labute approximate surface area is 106 Å². The molecule has 18 heavy (non-hydrogen) atoms. The van der Waals surface area contributed by atoms with Crippen LogP contribution in [0.4, 0.5) is 0 Å². The van der Waals surface area contributed by atoms with Gasteiger partial charge in [0.2, 0.25) is 0 Å². The molecule has 1 aromatic heterocycles. The van der Waals surface area contributed by atoms with Gasteiger partial charge in [0.25, 0.3) is 0 Å². The van der Waals surface area contributed by atoms with Crippen LogP contribution in [0.3, 0.4) is 0 Å². The molecule has 0 bridgehead atoms. The lowest BCUT2D eigenvalue weighted by Gasteiger charge is -2.10. The molecule has 0 saturated carbocycles. The molecule has 2 rings (SSSR count). The number of hydrogen-bond acceptors (Lipinski definition) is 4. The van der Waals surface area contributed by atoms with Crippen LogP contribution in [-0.4, -0.2) is 22.2 Å². The van der Waals surface area contributed by atoms with Crippen molar-refractivity contribution in [2.75, 3.05) is 0 Å². The molecule has 4 nitrogen and oxygen atoms in total. The summed E-state index contributed by atoms with van der Waals surface area (Å²) in [6.45, 7) is 2.21. The van der Waals surface area contributed by atoms with Crippen molar-refractivity contribution in [2.24, 2.45) is 0 Å². The van der Waals surface area contributed by atoms with Crippen LogP contribution in [-0.2, 0) is 6.61 Å². The SMILES string of the molecule is Cc1cccc(COc2ccccc2B(O)O)n1. The maximum atomic E-state index is 9.21. The molecule has 0 saturated heterocycles. The van der Waals surface area contributed by atoms with Gasteiger partial charge in [0.1, 0.15) is 12.4 Å². The zero-order chi connectivity index (χ0) is 13.0. The minimum Gasteiger partial charge on any atom is -0.488 e. The molecule has 0 aliphatic carbocycles. The van der Waals surface area contributed by atoms with Crippen molar-refractivity contribution < 1.29 is 14.8 Å². The first-order chi connectivity index (χ1) is 8.66. The van der Waals surface area contributed by atoms with E-state index in [1.54, 1.807) is 24.3 Å². The van der Waals surface area contributed by atoms with Crippen LogP contribution in [0.1, 0.15) is 11.4 Å². The Bertz CT molecular complexity index is 531. The van der Waals surface area contributed by atoms with Crippen LogP contribution in [0.2, 0.25) is 0 Å². The Morgan fingerprint density at radius 2 is 1.89 bits per heavy atom. The first-order valence-electron chi connectivity index (χ1n) is 5.67. The molecule has 0 spiro atoms. The van der Waals surface area contributed by atoms with E-state index in [2.05, 4.69) is 4.98 Å². The van der Waals surface area contributed by atoms with Crippen molar-refractivity contribution in [1.29, 1.82) is 0 Å². The molecule has 0 aliphatic rings. The van der Waals surface area contributed by atoms with Gasteiger partial charge in [-0.2, -0.15) is 0 Å². The van der Waals surface area contributed by atoms with Gasteiger partial charge < -0.3 is 14.8 Å². The summed E-state index contributed by atoms with van der Waals surface area (Å²) >= 11 is 0. The zero-order valence-corrected chi connectivity index (χ0v) is 10.1. The lowest BCUT2D eigenvalue weighted by molar-refractivity contribution is 0.301. The molecule has 0 aliphatic heterocycles. The van der Waals surface area contributed by atoms with Gasteiger partial charge in [-0.05, 0) is 25.1 Å². The van der Waals surface area contributed by atoms with E-state index in [1.807, 2.05) is 25.1 Å². The highest BCUT2D eigenvalue weighted by Crippen LogP contribution is 2.09. The van der Waals surface area contributed by atoms with Gasteiger partial charge in [0, 0.05) is 11.2 Å². The summed E-state index contributed by atoms with van der Waals surface area (Å²) < 4.78 is 5.56. The number of rotatable bonds is 4. The van der Waals surface area contributed by atoms with Gasteiger partial charge in [0.15, 0.2) is 0 Å². The Hall–Kier alpha value is -1.85. The number of pyridine rings is 1. The summed E-state index contributed by atoms with van der Waals surface area (Å²) in [5, 5.41) is 18.4. The van der Waals surface area contributed by atoms with E-state index in [9.17, 15) is 10.0 Å². The van der Waals surface area contributed by atoms with Gasteiger partial charge in [-0.3, -0.25) is 4.98 Å². The second kappa shape index (κ2) is 5.66. The summed E-state index contributed by atoms with van der Waals surface area (Å²) in [5.74, 6) is 0.454. The third kappa shape index (κ3) is 3.09. The second-order valence-electron chi connectivity index (χ2n) is 3.97. The van der Waals surface area contributed by atoms with Gasteiger partial charge in [-0.1, -0.05) is 24.3 Å². The van der Waals surface area contributed by atoms with E-state index in [1.165, 1.54) is 0 Å². The van der Waals surface area contributed by atoms with E-state index in [-0.39, 0.29) is 0 Å². The molecule has 1 aromatic carbocycles. The standard InChI is InChI=1S/C13H14BNO3/c1-10-5-4-6-11(15-10)9-18-13-8-3-2-7-12(13)14(16)17/h2-8,16-17H,9H2,1H3. The van der Waals surface area contributed by atoms with Crippen molar-refractivity contribution in [3.8, 4) is 5.75 Å². The first kappa shape index (κ1) is 12.6. The van der Waals surface area contributed by atoms with E-state index in [0.717, 1.165) is 11.4 Å². The van der Waals surface area contributed by atoms with E-state index >= 15 is 0 Å². The molecule has 0 atom stereocenters. The average molecular weight is 243 g/mol. The van der Waals surface area contributed by atoms with Crippen LogP contribution in [0.5, 0.6) is 5.75 Å². The van der Waals surface area contributed by atoms with Crippen molar-refractivity contribution in [2.45, 2.75) is 13.5 Å². The summed E-state index contributed by atoms with van der Waals surface area (Å²) in [6.07, 6.45) is 0. The Balaban J connectivity index is 2.11. The number of aromatic nitrogens is 1. The molecular weight excluding hydrogens is 229 g/mol. The van der Waals surface area contributed by atoms with E-state index in [4.69, 9.17) is 4.74 Å². The fourth-order valence-corrected chi connectivity index (χ4v) is 1.66. The number of para-hydroxylation sites is 1. The fourth-order valence-electron chi connectivity index (χ4n) is 1.66. The highest BCUT2D eigenvalue weighted by molar-refractivity contribution is 6.59. The summed E-state index contributed by atoms with van der Waals surface area (Å²) in [7, 11) is -1.54. The minimum atomic E-state index is -1.54. The van der Waals surface area contributed by atoms with Crippen molar-refractivity contribution >= 4 is 12.6 Å². The number of hydrogen-bond donors (Lipinski definition) is 2. The van der Waals surface area contributed by atoms with Crippen LogP contribution >= 0.6 is 0 Å². The predicted molar refractivity (Wildman–Crippen MR) is 69.6 cm³/mol. The van der Waals surface area contributed by atoms with Crippen LogP contribution < -0.4 is 10.2 Å². The maximum absolute atomic E-state index is 9.21. The topological polar surface area (TPSA) is 62.6 Å². The molecule has 1 heterocycles. The fraction of sp³-hybridized carbons (Fsp3) is 0.154. The Morgan fingerprint density at radius 1 is 1.11 bits per heavy atom. The number of nitrogens with zero attached hydrogens (tertiary/aromatic N) is 1. The Morgan fingerprint density at radius 3 is 2.61 bits per heavy atom. The molecule has 0 amide bonds. The summed E-state index contributed by atoms with van der Waals surface area (Å²) in [4.78, 5) is 4.31. The van der Waals surface area contributed by atoms with Crippen LogP contribution in [0, 0.1) is 6.92 Å². The van der Waals surface area contributed by atoms with Gasteiger partial charge in [-0.15, -0.1) is 0 Å². The quantitative estimate of drug-likeness (QED) is 0.774. The molecule has 5 heteroatoms. The molecule has 2 aromatic rings. The average Bonchev–Trinajstić information content (AvgIpc) is 2.37. The molecular formula is C13H14BNO3. The van der Waals surface area contributed by atoms with Crippen molar-refractivity contribution in [1.82, 2.24) is 4.98 Å². The largest absolute Gasteiger partial charge is 0.492 e. The molecule has 92 valence electrons. The molecule has 2 N–H and O–H groups in total. The lowest BCUT2D eigenvalue weighted by atomic mass is 9.79. The maximum Gasteiger partial charge on any atom is 0.492 e. The summed E-state index contributed by atoms with van der Waals surface area (Å²) in [5.41, 5.74) is 2.08. The van der Waals surface area contributed by atoms with Crippen LogP contribution in [0.25, 0.3) is 0 Å². The highest BCUT2D eigenvalue weighted by atomic mass is 16.5. The van der Waals surface area contributed by atoms with Gasteiger partial charge in [-0.25, -0.2) is 0 Å². The second-order valence-corrected chi connectivity index (χ2v) is 3.97. The minimum absolute atomic E-state index is 0.297. The lowest BCUT2D eigenvalue weighted by Crippen LogP contribution is -2.31. The Kier molecular flexibility index (Phi) is 3.97. The summed E-state index contributed by atoms with van der Waals surface area (Å²) in [6, 6.07) is 12.5. The van der Waals surface area contributed by atoms with Crippen molar-refractivity contribution in [3.05, 3.63) is 53.9 Å². The normalized spacial score (nSPS) is 10.2. The molecule has 0 unspecified atom stereocenters. The smallest absolute Gasteiger partial charge is 0.488 e. The number of benzene rings is 1.